The molecule has 2 fully saturated rings. The zero-order chi connectivity index (χ0) is 17.8. The molecule has 1 aromatic rings. The molecule has 136 valence electrons. The molecule has 1 saturated carbocycles. The molecule has 1 heterocycles. The van der Waals surface area contributed by atoms with Gasteiger partial charge in [-0.2, -0.15) is 0 Å². The molecule has 4 atom stereocenters. The Labute approximate surface area is 153 Å². The number of ether oxygens (including phenoxy) is 1. The van der Waals surface area contributed by atoms with E-state index >= 15 is 0 Å². The van der Waals surface area contributed by atoms with Gasteiger partial charge in [-0.15, -0.1) is 11.8 Å². The summed E-state index contributed by atoms with van der Waals surface area (Å²) >= 11 is 1.59. The number of thioether (sulfide) groups is 1. The number of methoxy groups -OCH3 is 1. The number of fused-ring (bicyclic) bond motifs is 1. The highest BCUT2D eigenvalue weighted by atomic mass is 32.2. The largest absolute Gasteiger partial charge is 0.379 e. The van der Waals surface area contributed by atoms with Crippen molar-refractivity contribution in [2.45, 2.75) is 36.8 Å². The predicted octanol–water partition coefficient (Wildman–Crippen LogP) is 2.17. The molecule has 3 rings (SSSR count). The van der Waals surface area contributed by atoms with Crippen molar-refractivity contribution in [3.05, 3.63) is 30.3 Å². The van der Waals surface area contributed by atoms with E-state index in [9.17, 15) is 9.59 Å². The van der Waals surface area contributed by atoms with Crippen molar-refractivity contribution in [2.24, 2.45) is 11.8 Å². The van der Waals surface area contributed by atoms with Crippen LogP contribution in [-0.2, 0) is 14.3 Å². The average Bonchev–Trinajstić information content (AvgIpc) is 3.02. The first-order valence-electron chi connectivity index (χ1n) is 8.82. The summed E-state index contributed by atoms with van der Waals surface area (Å²) in [5.74, 6) is 1.59. The third kappa shape index (κ3) is 4.55. The van der Waals surface area contributed by atoms with E-state index in [1.165, 1.54) is 0 Å². The number of benzene rings is 1. The van der Waals surface area contributed by atoms with E-state index < -0.39 is 0 Å². The fourth-order valence-corrected chi connectivity index (χ4v) is 4.87. The minimum Gasteiger partial charge on any atom is -0.379 e. The smallest absolute Gasteiger partial charge is 0.232 e. The molecule has 6 heteroatoms. The van der Waals surface area contributed by atoms with E-state index in [2.05, 4.69) is 5.32 Å². The zero-order valence-corrected chi connectivity index (χ0v) is 15.6. The molecule has 1 N–H and O–H groups in total. The SMILES string of the molecule is CO[C@@H]1C[C@H]2CN(C(=O)CSc3ccccc3)C[C@H]2C[C@H]1NC(C)=O. The maximum absolute atomic E-state index is 12.6. The zero-order valence-electron chi connectivity index (χ0n) is 14.8. The standard InChI is InChI=1S/C19H26N2O3S/c1-13(22)20-17-8-14-10-21(11-15(14)9-18(17)24-2)19(23)12-25-16-6-4-3-5-7-16/h3-7,14-15,17-18H,8-12H2,1-2H3,(H,20,22)/t14-,15+,17-,18-/m1/s1. The van der Waals surface area contributed by atoms with Gasteiger partial charge in [0.1, 0.15) is 0 Å². The van der Waals surface area contributed by atoms with E-state index in [-0.39, 0.29) is 24.0 Å². The number of carbonyl (C=O) groups excluding carboxylic acids is 2. The second-order valence-electron chi connectivity index (χ2n) is 6.97. The fraction of sp³-hybridized carbons (Fsp3) is 0.579. The van der Waals surface area contributed by atoms with Crippen LogP contribution in [0, 0.1) is 11.8 Å². The first-order chi connectivity index (χ1) is 12.1. The molecule has 2 aliphatic rings. The summed E-state index contributed by atoms with van der Waals surface area (Å²) < 4.78 is 5.59. The van der Waals surface area contributed by atoms with Crippen LogP contribution in [-0.4, -0.2) is 54.8 Å². The number of likely N-dealkylation sites (tertiary alicyclic amines) is 1. The third-order valence-corrected chi connectivity index (χ3v) is 6.26. The number of rotatable bonds is 5. The number of hydrogen-bond donors (Lipinski definition) is 1. The number of amides is 2. The van der Waals surface area contributed by atoms with Crippen LogP contribution in [0.3, 0.4) is 0 Å². The fourth-order valence-electron chi connectivity index (χ4n) is 4.04. The summed E-state index contributed by atoms with van der Waals surface area (Å²) in [7, 11) is 1.70. The van der Waals surface area contributed by atoms with Gasteiger partial charge in [0.15, 0.2) is 0 Å². The van der Waals surface area contributed by atoms with Gasteiger partial charge >= 0.3 is 0 Å². The van der Waals surface area contributed by atoms with E-state index in [0.717, 1.165) is 30.8 Å². The first kappa shape index (κ1) is 18.3. The third-order valence-electron chi connectivity index (χ3n) is 5.27. The minimum absolute atomic E-state index is 0.0179. The van der Waals surface area contributed by atoms with Crippen LogP contribution >= 0.6 is 11.8 Å². The Bertz CT molecular complexity index is 610. The van der Waals surface area contributed by atoms with Crippen molar-refractivity contribution >= 4 is 23.6 Å². The van der Waals surface area contributed by atoms with Gasteiger partial charge in [-0.1, -0.05) is 18.2 Å². The molecular formula is C19H26N2O3S. The van der Waals surface area contributed by atoms with Crippen LogP contribution in [0.1, 0.15) is 19.8 Å². The van der Waals surface area contributed by atoms with Gasteiger partial charge in [0.25, 0.3) is 0 Å². The highest BCUT2D eigenvalue weighted by Gasteiger charge is 2.43. The van der Waals surface area contributed by atoms with Crippen molar-refractivity contribution < 1.29 is 14.3 Å². The van der Waals surface area contributed by atoms with Crippen LogP contribution in [0.4, 0.5) is 0 Å². The van der Waals surface area contributed by atoms with Crippen molar-refractivity contribution in [1.82, 2.24) is 10.2 Å². The lowest BCUT2D eigenvalue weighted by molar-refractivity contribution is -0.127. The lowest BCUT2D eigenvalue weighted by atomic mass is 9.77. The molecule has 1 aliphatic carbocycles. The molecule has 1 aliphatic heterocycles. The van der Waals surface area contributed by atoms with E-state index in [1.54, 1.807) is 25.8 Å². The molecule has 0 radical (unpaired) electrons. The Hall–Kier alpha value is -1.53. The monoisotopic (exact) mass is 362 g/mol. The van der Waals surface area contributed by atoms with Crippen LogP contribution < -0.4 is 5.32 Å². The van der Waals surface area contributed by atoms with Crippen molar-refractivity contribution in [3.63, 3.8) is 0 Å². The van der Waals surface area contributed by atoms with E-state index in [1.807, 2.05) is 35.2 Å². The summed E-state index contributed by atoms with van der Waals surface area (Å²) in [6.45, 7) is 3.15. The molecule has 0 aromatic heterocycles. The molecular weight excluding hydrogens is 336 g/mol. The van der Waals surface area contributed by atoms with E-state index in [4.69, 9.17) is 4.74 Å². The van der Waals surface area contributed by atoms with Crippen LogP contribution in [0.5, 0.6) is 0 Å². The molecule has 0 spiro atoms. The van der Waals surface area contributed by atoms with Crippen molar-refractivity contribution in [2.75, 3.05) is 26.0 Å². The maximum Gasteiger partial charge on any atom is 0.232 e. The summed E-state index contributed by atoms with van der Waals surface area (Å²) in [5.41, 5.74) is 0. The van der Waals surface area contributed by atoms with Gasteiger partial charge in [0.2, 0.25) is 11.8 Å². The molecule has 2 amide bonds. The van der Waals surface area contributed by atoms with Gasteiger partial charge in [-0.05, 0) is 36.8 Å². The van der Waals surface area contributed by atoms with Gasteiger partial charge in [-0.25, -0.2) is 0 Å². The van der Waals surface area contributed by atoms with Crippen LogP contribution in [0.25, 0.3) is 0 Å². The highest BCUT2D eigenvalue weighted by molar-refractivity contribution is 8.00. The lowest BCUT2D eigenvalue weighted by Gasteiger charge is -2.37. The Morgan fingerprint density at radius 2 is 1.88 bits per heavy atom. The van der Waals surface area contributed by atoms with Crippen molar-refractivity contribution in [1.29, 1.82) is 0 Å². The van der Waals surface area contributed by atoms with Gasteiger partial charge in [-0.3, -0.25) is 9.59 Å². The molecule has 0 unspecified atom stereocenters. The second kappa shape index (κ2) is 8.23. The highest BCUT2D eigenvalue weighted by Crippen LogP contribution is 2.37. The summed E-state index contributed by atoms with van der Waals surface area (Å²) in [5, 5.41) is 3.01. The Morgan fingerprint density at radius 1 is 1.20 bits per heavy atom. The second-order valence-corrected chi connectivity index (χ2v) is 8.02. The molecule has 25 heavy (non-hydrogen) atoms. The molecule has 1 aromatic carbocycles. The number of nitrogens with one attached hydrogen (secondary N) is 1. The number of hydrogen-bond acceptors (Lipinski definition) is 4. The van der Waals surface area contributed by atoms with Crippen molar-refractivity contribution in [3.8, 4) is 0 Å². The Balaban J connectivity index is 1.55. The lowest BCUT2D eigenvalue weighted by Crippen LogP contribution is -2.49. The summed E-state index contributed by atoms with van der Waals surface area (Å²) in [4.78, 5) is 27.1. The summed E-state index contributed by atoms with van der Waals surface area (Å²) in [6.07, 6.45) is 1.83. The number of nitrogens with zero attached hydrogens (tertiary/aromatic N) is 1. The molecule has 1 saturated heterocycles. The summed E-state index contributed by atoms with van der Waals surface area (Å²) in [6, 6.07) is 10.1. The maximum atomic E-state index is 12.6. The first-order valence-corrected chi connectivity index (χ1v) is 9.81. The van der Waals surface area contributed by atoms with Crippen LogP contribution in [0.2, 0.25) is 0 Å². The van der Waals surface area contributed by atoms with Gasteiger partial charge in [0, 0.05) is 32.0 Å². The minimum atomic E-state index is -0.0179. The van der Waals surface area contributed by atoms with Gasteiger partial charge < -0.3 is 15.0 Å². The number of carbonyl (C=O) groups is 2. The normalized spacial score (nSPS) is 28.5. The predicted molar refractivity (Wildman–Crippen MR) is 98.4 cm³/mol. The quantitative estimate of drug-likeness (QED) is 0.816. The Morgan fingerprint density at radius 3 is 2.52 bits per heavy atom. The Kier molecular flexibility index (Phi) is 6.02. The van der Waals surface area contributed by atoms with E-state index in [0.29, 0.717) is 17.6 Å². The molecule has 5 nitrogen and oxygen atoms in total. The molecule has 0 bridgehead atoms. The van der Waals surface area contributed by atoms with Gasteiger partial charge in [0.05, 0.1) is 17.9 Å². The topological polar surface area (TPSA) is 58.6 Å². The van der Waals surface area contributed by atoms with Crippen LogP contribution in [0.15, 0.2) is 35.2 Å². The average molecular weight is 362 g/mol.